The summed E-state index contributed by atoms with van der Waals surface area (Å²) in [5.41, 5.74) is 2.05. The lowest BCUT2D eigenvalue weighted by molar-refractivity contribution is 0.460. The van der Waals surface area contributed by atoms with Crippen molar-refractivity contribution in [3.05, 3.63) is 51.6 Å². The second-order valence-electron chi connectivity index (χ2n) is 4.84. The number of hydrogen-bond acceptors (Lipinski definition) is 3. The highest BCUT2D eigenvalue weighted by molar-refractivity contribution is 6.34. The average Bonchev–Trinajstić information content (AvgIpc) is 2.37. The number of pyridine rings is 1. The minimum atomic E-state index is 0.537. The normalized spacial score (nSPS) is 10.7. The van der Waals surface area contributed by atoms with Gasteiger partial charge in [0.05, 0.1) is 0 Å². The van der Waals surface area contributed by atoms with Gasteiger partial charge in [-0.25, -0.2) is 4.98 Å². The number of nitrogens with zero attached hydrogens (tertiary/aromatic N) is 1. The fourth-order valence-electron chi connectivity index (χ4n) is 1.98. The average molecular weight is 325 g/mol. The first-order chi connectivity index (χ1) is 10.1. The predicted octanol–water partition coefficient (Wildman–Crippen LogP) is 4.99. The lowest BCUT2D eigenvalue weighted by Gasteiger charge is -2.09. The molecule has 0 aliphatic rings. The van der Waals surface area contributed by atoms with Crippen molar-refractivity contribution in [2.24, 2.45) is 0 Å². The van der Waals surface area contributed by atoms with E-state index in [4.69, 9.17) is 27.9 Å². The molecular weight excluding hydrogens is 307 g/mol. The lowest BCUT2D eigenvalue weighted by Crippen LogP contribution is -2.14. The molecular formula is C16H18Cl2N2O. The van der Waals surface area contributed by atoms with Crippen LogP contribution in [0.15, 0.2) is 30.3 Å². The van der Waals surface area contributed by atoms with Crippen LogP contribution in [0.3, 0.4) is 0 Å². The number of aromatic nitrogens is 1. The van der Waals surface area contributed by atoms with Gasteiger partial charge in [0.25, 0.3) is 0 Å². The van der Waals surface area contributed by atoms with Crippen LogP contribution in [0.2, 0.25) is 10.0 Å². The van der Waals surface area contributed by atoms with Gasteiger partial charge in [-0.2, -0.15) is 0 Å². The Morgan fingerprint density at radius 3 is 2.48 bits per heavy atom. The Labute approximate surface area is 135 Å². The highest BCUT2D eigenvalue weighted by atomic mass is 35.5. The Morgan fingerprint density at radius 2 is 1.81 bits per heavy atom. The summed E-state index contributed by atoms with van der Waals surface area (Å²) in [6.45, 7) is 5.87. The van der Waals surface area contributed by atoms with Crippen molar-refractivity contribution in [3.63, 3.8) is 0 Å². The quantitative estimate of drug-likeness (QED) is 0.760. The Morgan fingerprint density at radius 1 is 1.10 bits per heavy atom. The summed E-state index contributed by atoms with van der Waals surface area (Å²) in [7, 11) is 0. The van der Waals surface area contributed by atoms with Crippen molar-refractivity contribution in [1.82, 2.24) is 10.3 Å². The summed E-state index contributed by atoms with van der Waals surface area (Å²) < 4.78 is 5.76. The maximum absolute atomic E-state index is 5.97. The minimum Gasteiger partial charge on any atom is -0.439 e. The second kappa shape index (κ2) is 7.64. The third-order valence-electron chi connectivity index (χ3n) is 2.80. The Kier molecular flexibility index (Phi) is 5.85. The molecule has 0 radical (unpaired) electrons. The van der Waals surface area contributed by atoms with E-state index in [1.54, 1.807) is 18.2 Å². The van der Waals surface area contributed by atoms with Gasteiger partial charge in [0.15, 0.2) is 0 Å². The molecule has 0 saturated carbocycles. The SMILES string of the molecule is CCCNCc1cc(C)nc(Oc2cc(Cl)cc(Cl)c2)c1. The van der Waals surface area contributed by atoms with Gasteiger partial charge in [0, 0.05) is 28.4 Å². The number of halogens is 2. The molecule has 0 fully saturated rings. The Bertz CT molecular complexity index is 597. The van der Waals surface area contributed by atoms with Crippen molar-refractivity contribution >= 4 is 23.2 Å². The first-order valence-electron chi connectivity index (χ1n) is 6.89. The van der Waals surface area contributed by atoms with E-state index < -0.39 is 0 Å². The van der Waals surface area contributed by atoms with Gasteiger partial charge >= 0.3 is 0 Å². The van der Waals surface area contributed by atoms with Crippen LogP contribution in [0.5, 0.6) is 11.6 Å². The molecule has 21 heavy (non-hydrogen) atoms. The van der Waals surface area contributed by atoms with E-state index in [-0.39, 0.29) is 0 Å². The molecule has 0 spiro atoms. The molecule has 0 aliphatic heterocycles. The van der Waals surface area contributed by atoms with E-state index in [0.717, 1.165) is 30.8 Å². The van der Waals surface area contributed by atoms with Crippen molar-refractivity contribution < 1.29 is 4.74 Å². The molecule has 1 N–H and O–H groups in total. The summed E-state index contributed by atoms with van der Waals surface area (Å²) in [5.74, 6) is 1.12. The van der Waals surface area contributed by atoms with E-state index in [0.29, 0.717) is 21.7 Å². The maximum Gasteiger partial charge on any atom is 0.219 e. The lowest BCUT2D eigenvalue weighted by atomic mass is 10.2. The van der Waals surface area contributed by atoms with Crippen LogP contribution in [0, 0.1) is 6.92 Å². The van der Waals surface area contributed by atoms with E-state index in [2.05, 4.69) is 17.2 Å². The van der Waals surface area contributed by atoms with Crippen LogP contribution in [0.25, 0.3) is 0 Å². The van der Waals surface area contributed by atoms with Gasteiger partial charge in [-0.15, -0.1) is 0 Å². The number of ether oxygens (including phenoxy) is 1. The van der Waals surface area contributed by atoms with Crippen LogP contribution < -0.4 is 10.1 Å². The first kappa shape index (κ1) is 16.1. The summed E-state index contributed by atoms with van der Waals surface area (Å²) in [4.78, 5) is 4.38. The molecule has 2 rings (SSSR count). The predicted molar refractivity (Wildman–Crippen MR) is 87.5 cm³/mol. The largest absolute Gasteiger partial charge is 0.439 e. The fourth-order valence-corrected chi connectivity index (χ4v) is 2.49. The smallest absolute Gasteiger partial charge is 0.219 e. The molecule has 0 saturated heterocycles. The number of nitrogens with one attached hydrogen (secondary N) is 1. The number of rotatable bonds is 6. The molecule has 0 atom stereocenters. The van der Waals surface area contributed by atoms with Crippen molar-refractivity contribution in [3.8, 4) is 11.6 Å². The Balaban J connectivity index is 2.15. The standard InChI is InChI=1S/C16H18Cl2N2O/c1-3-4-19-10-12-5-11(2)20-16(6-12)21-15-8-13(17)7-14(18)9-15/h5-9,19H,3-4,10H2,1-2H3. The van der Waals surface area contributed by atoms with Crippen molar-refractivity contribution in [2.45, 2.75) is 26.8 Å². The van der Waals surface area contributed by atoms with Crippen LogP contribution >= 0.6 is 23.2 Å². The molecule has 1 aromatic carbocycles. The summed E-state index contributed by atoms with van der Waals surface area (Å²) in [6, 6.07) is 9.06. The zero-order chi connectivity index (χ0) is 15.2. The van der Waals surface area contributed by atoms with Gasteiger partial charge in [-0.1, -0.05) is 30.1 Å². The molecule has 3 nitrogen and oxygen atoms in total. The van der Waals surface area contributed by atoms with Gasteiger partial charge < -0.3 is 10.1 Å². The molecule has 1 heterocycles. The van der Waals surface area contributed by atoms with Gasteiger partial charge in [0.1, 0.15) is 5.75 Å². The summed E-state index contributed by atoms with van der Waals surface area (Å²) in [5, 5.41) is 4.44. The van der Waals surface area contributed by atoms with Crippen molar-refractivity contribution in [2.75, 3.05) is 6.54 Å². The maximum atomic E-state index is 5.97. The highest BCUT2D eigenvalue weighted by Gasteiger charge is 2.05. The number of benzene rings is 1. The highest BCUT2D eigenvalue weighted by Crippen LogP contribution is 2.28. The molecule has 2 aromatic rings. The molecule has 0 unspecified atom stereocenters. The van der Waals surface area contributed by atoms with Gasteiger partial charge in [-0.3, -0.25) is 0 Å². The molecule has 0 amide bonds. The molecule has 0 aliphatic carbocycles. The van der Waals surface area contributed by atoms with Gasteiger partial charge in [0.2, 0.25) is 5.88 Å². The molecule has 1 aromatic heterocycles. The summed E-state index contributed by atoms with van der Waals surface area (Å²) in [6.07, 6.45) is 1.11. The Hall–Kier alpha value is -1.29. The third kappa shape index (κ3) is 5.20. The molecule has 5 heteroatoms. The fraction of sp³-hybridized carbons (Fsp3) is 0.312. The van der Waals surface area contributed by atoms with Crippen LogP contribution in [0.1, 0.15) is 24.6 Å². The topological polar surface area (TPSA) is 34.2 Å². The van der Waals surface area contributed by atoms with Crippen LogP contribution in [0.4, 0.5) is 0 Å². The monoisotopic (exact) mass is 324 g/mol. The van der Waals surface area contributed by atoms with E-state index >= 15 is 0 Å². The second-order valence-corrected chi connectivity index (χ2v) is 5.71. The van der Waals surface area contributed by atoms with E-state index in [1.807, 2.05) is 19.1 Å². The van der Waals surface area contributed by atoms with Crippen LogP contribution in [-0.2, 0) is 6.54 Å². The van der Waals surface area contributed by atoms with E-state index in [9.17, 15) is 0 Å². The summed E-state index contributed by atoms with van der Waals surface area (Å²) >= 11 is 11.9. The minimum absolute atomic E-state index is 0.537. The molecule has 0 bridgehead atoms. The van der Waals surface area contributed by atoms with Crippen LogP contribution in [-0.4, -0.2) is 11.5 Å². The van der Waals surface area contributed by atoms with Crippen molar-refractivity contribution in [1.29, 1.82) is 0 Å². The zero-order valence-corrected chi connectivity index (χ0v) is 13.6. The first-order valence-corrected chi connectivity index (χ1v) is 7.64. The van der Waals surface area contributed by atoms with Gasteiger partial charge in [-0.05, 0) is 49.7 Å². The third-order valence-corrected chi connectivity index (χ3v) is 3.24. The van der Waals surface area contributed by atoms with E-state index in [1.165, 1.54) is 0 Å². The number of aryl methyl sites for hydroxylation is 1. The molecule has 112 valence electrons. The zero-order valence-electron chi connectivity index (χ0n) is 12.1. The number of hydrogen-bond donors (Lipinski definition) is 1.